The first-order valence-corrected chi connectivity index (χ1v) is 9.89. The fourth-order valence-corrected chi connectivity index (χ4v) is 3.19. The summed E-state index contributed by atoms with van der Waals surface area (Å²) in [4.78, 5) is 17.6. The number of aromatic nitrogens is 1. The summed E-state index contributed by atoms with van der Waals surface area (Å²) in [5.74, 6) is 0.626. The minimum absolute atomic E-state index is 0.172. The number of aromatic hydroxyl groups is 1. The third-order valence-corrected chi connectivity index (χ3v) is 4.69. The summed E-state index contributed by atoms with van der Waals surface area (Å²) in [6, 6.07) is 23.4. The number of phenolic OH excluding ortho intramolecular Hbond substituents is 1. The predicted molar refractivity (Wildman–Crippen MR) is 122 cm³/mol. The number of amides is 1. The van der Waals surface area contributed by atoms with Gasteiger partial charge >= 0.3 is 0 Å². The van der Waals surface area contributed by atoms with Gasteiger partial charge in [-0.15, -0.1) is 0 Å². The molecule has 154 valence electrons. The number of carbonyl (C=O) groups excluding carboxylic acids is 1. The third kappa shape index (κ3) is 4.70. The number of hydrazone groups is 1. The van der Waals surface area contributed by atoms with Crippen molar-refractivity contribution in [2.75, 3.05) is 6.61 Å². The lowest BCUT2D eigenvalue weighted by atomic mass is 10.0. The van der Waals surface area contributed by atoms with Crippen molar-refractivity contribution in [2.24, 2.45) is 5.10 Å². The van der Waals surface area contributed by atoms with Gasteiger partial charge in [0.05, 0.1) is 29.6 Å². The summed E-state index contributed by atoms with van der Waals surface area (Å²) < 4.78 is 5.50. The van der Waals surface area contributed by atoms with Crippen LogP contribution in [0, 0.1) is 0 Å². The van der Waals surface area contributed by atoms with Crippen molar-refractivity contribution in [1.82, 2.24) is 10.4 Å². The summed E-state index contributed by atoms with van der Waals surface area (Å²) in [6.07, 6.45) is 1.52. The first kappa shape index (κ1) is 20.1. The molecular formula is C25H21N3O3. The zero-order valence-electron chi connectivity index (χ0n) is 16.9. The van der Waals surface area contributed by atoms with E-state index in [0.29, 0.717) is 17.9 Å². The van der Waals surface area contributed by atoms with Crippen LogP contribution in [-0.4, -0.2) is 28.8 Å². The quantitative estimate of drug-likeness (QED) is 0.354. The Bertz CT molecular complexity index is 1230. The summed E-state index contributed by atoms with van der Waals surface area (Å²) >= 11 is 0. The molecule has 0 saturated heterocycles. The van der Waals surface area contributed by atoms with E-state index >= 15 is 0 Å². The monoisotopic (exact) mass is 411 g/mol. The highest BCUT2D eigenvalue weighted by Gasteiger charge is 2.13. The van der Waals surface area contributed by atoms with Gasteiger partial charge in [0, 0.05) is 10.9 Å². The smallest absolute Gasteiger partial charge is 0.272 e. The van der Waals surface area contributed by atoms with Crippen LogP contribution >= 0.6 is 0 Å². The van der Waals surface area contributed by atoms with Gasteiger partial charge in [-0.05, 0) is 73.2 Å². The largest absolute Gasteiger partial charge is 0.508 e. The number of ether oxygens (including phenoxy) is 1. The SMILES string of the molecule is CCOc1ccc(-c2cc(C(=O)N/N=C/c3ccc(O)cc3)c3ccccc3n2)cc1. The van der Waals surface area contributed by atoms with Gasteiger partial charge in [-0.2, -0.15) is 5.10 Å². The second-order valence-corrected chi connectivity index (χ2v) is 6.82. The summed E-state index contributed by atoms with van der Waals surface area (Å²) in [6.45, 7) is 2.54. The third-order valence-electron chi connectivity index (χ3n) is 4.69. The maximum atomic E-state index is 12.9. The van der Waals surface area contributed by atoms with E-state index in [1.807, 2.05) is 55.5 Å². The number of nitrogens with zero attached hydrogens (tertiary/aromatic N) is 2. The Morgan fingerprint density at radius 3 is 2.55 bits per heavy atom. The number of hydrogen-bond acceptors (Lipinski definition) is 5. The van der Waals surface area contributed by atoms with Crippen molar-refractivity contribution in [2.45, 2.75) is 6.92 Å². The predicted octanol–water partition coefficient (Wildman–Crippen LogP) is 4.77. The Kier molecular flexibility index (Phi) is 5.89. The molecule has 2 N–H and O–H groups in total. The van der Waals surface area contributed by atoms with E-state index in [1.165, 1.54) is 6.21 Å². The van der Waals surface area contributed by atoms with Crippen LogP contribution in [0.4, 0.5) is 0 Å². The van der Waals surface area contributed by atoms with E-state index in [9.17, 15) is 9.90 Å². The fraction of sp³-hybridized carbons (Fsp3) is 0.0800. The number of para-hydroxylation sites is 1. The highest BCUT2D eigenvalue weighted by molar-refractivity contribution is 6.07. The molecule has 0 bridgehead atoms. The van der Waals surface area contributed by atoms with Crippen molar-refractivity contribution >= 4 is 23.0 Å². The van der Waals surface area contributed by atoms with Gasteiger partial charge in [-0.3, -0.25) is 4.79 Å². The highest BCUT2D eigenvalue weighted by atomic mass is 16.5. The minimum atomic E-state index is -0.333. The summed E-state index contributed by atoms with van der Waals surface area (Å²) in [5, 5.41) is 14.1. The van der Waals surface area contributed by atoms with Crippen LogP contribution in [-0.2, 0) is 0 Å². The molecule has 31 heavy (non-hydrogen) atoms. The van der Waals surface area contributed by atoms with Crippen molar-refractivity contribution in [3.8, 4) is 22.8 Å². The van der Waals surface area contributed by atoms with Crippen LogP contribution < -0.4 is 10.2 Å². The molecule has 1 aromatic heterocycles. The minimum Gasteiger partial charge on any atom is -0.508 e. The lowest BCUT2D eigenvalue weighted by Crippen LogP contribution is -2.18. The average molecular weight is 411 g/mol. The zero-order chi connectivity index (χ0) is 21.6. The molecule has 4 rings (SSSR count). The molecule has 1 amide bonds. The van der Waals surface area contributed by atoms with E-state index in [4.69, 9.17) is 9.72 Å². The number of benzene rings is 3. The number of rotatable bonds is 6. The second-order valence-electron chi connectivity index (χ2n) is 6.82. The Hall–Kier alpha value is -4.19. The Balaban J connectivity index is 1.64. The molecule has 0 atom stereocenters. The lowest BCUT2D eigenvalue weighted by Gasteiger charge is -2.10. The van der Waals surface area contributed by atoms with Crippen LogP contribution in [0.2, 0.25) is 0 Å². The van der Waals surface area contributed by atoms with Gasteiger partial charge in [0.2, 0.25) is 0 Å². The van der Waals surface area contributed by atoms with E-state index in [2.05, 4.69) is 10.5 Å². The second kappa shape index (κ2) is 9.09. The summed E-state index contributed by atoms with van der Waals surface area (Å²) in [5.41, 5.74) is 6.12. The van der Waals surface area contributed by atoms with E-state index in [0.717, 1.165) is 27.8 Å². The van der Waals surface area contributed by atoms with Crippen molar-refractivity contribution < 1.29 is 14.6 Å². The van der Waals surface area contributed by atoms with Gasteiger partial charge in [-0.1, -0.05) is 18.2 Å². The average Bonchev–Trinajstić information content (AvgIpc) is 2.80. The van der Waals surface area contributed by atoms with Crippen molar-refractivity contribution in [3.63, 3.8) is 0 Å². The first-order chi connectivity index (χ1) is 15.1. The van der Waals surface area contributed by atoms with Gasteiger partial charge < -0.3 is 9.84 Å². The fourth-order valence-electron chi connectivity index (χ4n) is 3.19. The maximum absolute atomic E-state index is 12.9. The van der Waals surface area contributed by atoms with Crippen LogP contribution in [0.5, 0.6) is 11.5 Å². The van der Waals surface area contributed by atoms with Crippen LogP contribution in [0.1, 0.15) is 22.8 Å². The van der Waals surface area contributed by atoms with E-state index < -0.39 is 0 Å². The molecule has 0 radical (unpaired) electrons. The molecule has 0 aliphatic rings. The highest BCUT2D eigenvalue weighted by Crippen LogP contribution is 2.26. The van der Waals surface area contributed by atoms with Crippen LogP contribution in [0.15, 0.2) is 84.0 Å². The molecule has 0 spiro atoms. The van der Waals surface area contributed by atoms with Gasteiger partial charge in [0.1, 0.15) is 11.5 Å². The molecule has 1 heterocycles. The number of fused-ring (bicyclic) bond motifs is 1. The molecule has 4 aromatic rings. The topological polar surface area (TPSA) is 83.8 Å². The number of pyridine rings is 1. The molecule has 0 saturated carbocycles. The molecule has 6 nitrogen and oxygen atoms in total. The maximum Gasteiger partial charge on any atom is 0.272 e. The van der Waals surface area contributed by atoms with Gasteiger partial charge in [0.15, 0.2) is 0 Å². The number of nitrogens with one attached hydrogen (secondary N) is 1. The van der Waals surface area contributed by atoms with Crippen LogP contribution in [0.3, 0.4) is 0 Å². The molecule has 0 unspecified atom stereocenters. The van der Waals surface area contributed by atoms with Gasteiger partial charge in [-0.25, -0.2) is 10.4 Å². The first-order valence-electron chi connectivity index (χ1n) is 9.89. The molecule has 6 heteroatoms. The van der Waals surface area contributed by atoms with E-state index in [-0.39, 0.29) is 11.7 Å². The van der Waals surface area contributed by atoms with Crippen LogP contribution in [0.25, 0.3) is 22.2 Å². The Morgan fingerprint density at radius 2 is 1.81 bits per heavy atom. The Labute approximate surface area is 179 Å². The molecular weight excluding hydrogens is 390 g/mol. The zero-order valence-corrected chi connectivity index (χ0v) is 16.9. The normalized spacial score (nSPS) is 11.0. The molecule has 3 aromatic carbocycles. The van der Waals surface area contributed by atoms with Crippen molar-refractivity contribution in [3.05, 3.63) is 90.0 Å². The molecule has 0 aliphatic heterocycles. The summed E-state index contributed by atoms with van der Waals surface area (Å²) in [7, 11) is 0. The van der Waals surface area contributed by atoms with Crippen molar-refractivity contribution in [1.29, 1.82) is 0 Å². The molecule has 0 aliphatic carbocycles. The molecule has 0 fully saturated rings. The Morgan fingerprint density at radius 1 is 1.06 bits per heavy atom. The van der Waals surface area contributed by atoms with E-state index in [1.54, 1.807) is 30.3 Å². The standard InChI is InChI=1S/C25H21N3O3/c1-2-31-20-13-9-18(10-14-20)24-15-22(21-5-3-4-6-23(21)27-24)25(30)28-26-16-17-7-11-19(29)12-8-17/h3-16,29H,2H2,1H3,(H,28,30)/b26-16+. The van der Waals surface area contributed by atoms with Gasteiger partial charge in [0.25, 0.3) is 5.91 Å². The number of hydrogen-bond donors (Lipinski definition) is 2. The number of phenols is 1. The lowest BCUT2D eigenvalue weighted by molar-refractivity contribution is 0.0956. The number of carbonyl (C=O) groups is 1.